The monoisotopic (exact) mass is 257 g/mol. The van der Waals surface area contributed by atoms with Crippen LogP contribution in [0.4, 0.5) is 0 Å². The summed E-state index contributed by atoms with van der Waals surface area (Å²) in [6, 6.07) is 0. The SMILES string of the molecule is C#CC#CC/C=C\CCC/C=C/C(=O)NCC(C)C. The third kappa shape index (κ3) is 14.0. The van der Waals surface area contributed by atoms with E-state index >= 15 is 0 Å². The molecule has 0 aliphatic rings. The lowest BCUT2D eigenvalue weighted by atomic mass is 10.2. The van der Waals surface area contributed by atoms with Crippen molar-refractivity contribution >= 4 is 5.91 Å². The molecule has 1 amide bonds. The first-order valence-corrected chi connectivity index (χ1v) is 6.69. The molecule has 0 spiro atoms. The van der Waals surface area contributed by atoms with Crippen LogP contribution in [0, 0.1) is 30.1 Å². The molecule has 0 heterocycles. The average molecular weight is 257 g/mol. The van der Waals surface area contributed by atoms with Crippen molar-refractivity contribution in [1.82, 2.24) is 5.32 Å². The highest BCUT2D eigenvalue weighted by Crippen LogP contribution is 1.98. The fourth-order valence-corrected chi connectivity index (χ4v) is 1.27. The number of nitrogens with one attached hydrogen (secondary N) is 1. The molecule has 0 atom stereocenters. The lowest BCUT2D eigenvalue weighted by Crippen LogP contribution is -2.25. The van der Waals surface area contributed by atoms with Crippen molar-refractivity contribution in [1.29, 1.82) is 0 Å². The number of carbonyl (C=O) groups excluding carboxylic acids is 1. The Morgan fingerprint density at radius 2 is 2.00 bits per heavy atom. The highest BCUT2D eigenvalue weighted by atomic mass is 16.1. The summed E-state index contributed by atoms with van der Waals surface area (Å²) < 4.78 is 0. The Balaban J connectivity index is 3.53. The maximum absolute atomic E-state index is 11.3. The number of amides is 1. The van der Waals surface area contributed by atoms with Gasteiger partial charge < -0.3 is 5.32 Å². The average Bonchev–Trinajstić information content (AvgIpc) is 2.38. The molecule has 0 aliphatic carbocycles. The standard InChI is InChI=1S/C17H23NO/c1-4-5-6-7-8-9-10-11-12-13-14-17(19)18-15-16(2)3/h1,8-9,13-14,16H,7,10-12,15H2,2-3H3,(H,18,19)/b9-8-,14-13+. The lowest BCUT2D eigenvalue weighted by molar-refractivity contribution is -0.116. The molecule has 0 bridgehead atoms. The lowest BCUT2D eigenvalue weighted by Gasteiger charge is -2.04. The molecule has 19 heavy (non-hydrogen) atoms. The van der Waals surface area contributed by atoms with Crippen LogP contribution in [0.2, 0.25) is 0 Å². The van der Waals surface area contributed by atoms with Crippen molar-refractivity contribution in [2.24, 2.45) is 5.92 Å². The van der Waals surface area contributed by atoms with Gasteiger partial charge >= 0.3 is 0 Å². The van der Waals surface area contributed by atoms with Crippen LogP contribution in [0.1, 0.15) is 39.5 Å². The number of rotatable bonds is 8. The van der Waals surface area contributed by atoms with E-state index in [1.807, 2.05) is 12.2 Å². The maximum atomic E-state index is 11.3. The molecular formula is C17H23NO. The summed E-state index contributed by atoms with van der Waals surface area (Å²) in [5, 5.41) is 2.84. The smallest absolute Gasteiger partial charge is 0.243 e. The topological polar surface area (TPSA) is 29.1 Å². The molecule has 1 N–H and O–H groups in total. The maximum Gasteiger partial charge on any atom is 0.243 e. The minimum Gasteiger partial charge on any atom is -0.352 e. The van der Waals surface area contributed by atoms with Gasteiger partial charge in [0.25, 0.3) is 0 Å². The third-order valence-electron chi connectivity index (χ3n) is 2.24. The molecule has 2 heteroatoms. The van der Waals surface area contributed by atoms with Crippen LogP contribution in [0.3, 0.4) is 0 Å². The van der Waals surface area contributed by atoms with Gasteiger partial charge in [-0.25, -0.2) is 0 Å². The van der Waals surface area contributed by atoms with E-state index in [0.717, 1.165) is 25.8 Å². The van der Waals surface area contributed by atoms with Gasteiger partial charge in [-0.2, -0.15) is 0 Å². The molecule has 0 unspecified atom stereocenters. The van der Waals surface area contributed by atoms with Crippen LogP contribution < -0.4 is 5.32 Å². The van der Waals surface area contributed by atoms with E-state index in [0.29, 0.717) is 12.3 Å². The number of carbonyl (C=O) groups is 1. The van der Waals surface area contributed by atoms with E-state index in [2.05, 4.69) is 43.0 Å². The summed E-state index contributed by atoms with van der Waals surface area (Å²) in [6.07, 6.45) is 16.3. The van der Waals surface area contributed by atoms with Gasteiger partial charge in [-0.05, 0) is 43.1 Å². The fourth-order valence-electron chi connectivity index (χ4n) is 1.27. The largest absolute Gasteiger partial charge is 0.352 e. The Labute approximate surface area is 117 Å². The number of allylic oxidation sites excluding steroid dienone is 3. The Kier molecular flexibility index (Phi) is 11.3. The zero-order valence-corrected chi connectivity index (χ0v) is 11.9. The minimum absolute atomic E-state index is 0.00574. The number of terminal acetylenes is 1. The van der Waals surface area contributed by atoms with Crippen LogP contribution >= 0.6 is 0 Å². The van der Waals surface area contributed by atoms with Gasteiger partial charge in [0, 0.05) is 13.0 Å². The predicted octanol–water partition coefficient (Wildman–Crippen LogP) is 3.07. The molecule has 0 aromatic carbocycles. The molecule has 0 aliphatic heterocycles. The van der Waals surface area contributed by atoms with Crippen LogP contribution in [-0.4, -0.2) is 12.5 Å². The number of hydrogen-bond acceptors (Lipinski definition) is 1. The zero-order chi connectivity index (χ0) is 14.3. The van der Waals surface area contributed by atoms with Crippen molar-refractivity contribution in [3.63, 3.8) is 0 Å². The van der Waals surface area contributed by atoms with E-state index in [-0.39, 0.29) is 5.91 Å². The molecule has 0 radical (unpaired) electrons. The van der Waals surface area contributed by atoms with Crippen LogP contribution in [0.5, 0.6) is 0 Å². The van der Waals surface area contributed by atoms with Gasteiger partial charge in [0.2, 0.25) is 5.91 Å². The normalized spacial score (nSPS) is 10.4. The van der Waals surface area contributed by atoms with Crippen molar-refractivity contribution in [3.05, 3.63) is 24.3 Å². The van der Waals surface area contributed by atoms with Crippen LogP contribution in [0.15, 0.2) is 24.3 Å². The first-order valence-electron chi connectivity index (χ1n) is 6.69. The quantitative estimate of drug-likeness (QED) is 0.308. The van der Waals surface area contributed by atoms with Gasteiger partial charge in [0.1, 0.15) is 0 Å². The molecular weight excluding hydrogens is 234 g/mol. The molecule has 102 valence electrons. The van der Waals surface area contributed by atoms with Gasteiger partial charge in [-0.3, -0.25) is 4.79 Å². The molecule has 0 fully saturated rings. The highest BCUT2D eigenvalue weighted by Gasteiger charge is 1.96. The van der Waals surface area contributed by atoms with Gasteiger partial charge in [0.15, 0.2) is 0 Å². The summed E-state index contributed by atoms with van der Waals surface area (Å²) in [5.74, 6) is 8.15. The molecule has 0 rings (SSSR count). The summed E-state index contributed by atoms with van der Waals surface area (Å²) in [7, 11) is 0. The van der Waals surface area contributed by atoms with E-state index in [1.165, 1.54) is 0 Å². The van der Waals surface area contributed by atoms with Crippen LogP contribution in [0.25, 0.3) is 0 Å². The number of hydrogen-bond donors (Lipinski definition) is 1. The first-order chi connectivity index (χ1) is 9.16. The van der Waals surface area contributed by atoms with Crippen LogP contribution in [-0.2, 0) is 4.79 Å². The Morgan fingerprint density at radius 1 is 1.26 bits per heavy atom. The minimum atomic E-state index is -0.00574. The fraction of sp³-hybridized carbons (Fsp3) is 0.471. The summed E-state index contributed by atoms with van der Waals surface area (Å²) in [6.45, 7) is 4.87. The Bertz CT molecular complexity index is 399. The van der Waals surface area contributed by atoms with Crippen molar-refractivity contribution in [2.45, 2.75) is 39.5 Å². The summed E-state index contributed by atoms with van der Waals surface area (Å²) in [5.41, 5.74) is 0. The van der Waals surface area contributed by atoms with E-state index in [4.69, 9.17) is 6.42 Å². The summed E-state index contributed by atoms with van der Waals surface area (Å²) in [4.78, 5) is 11.3. The highest BCUT2D eigenvalue weighted by molar-refractivity contribution is 5.87. The second-order valence-corrected chi connectivity index (χ2v) is 4.59. The predicted molar refractivity (Wildman–Crippen MR) is 81.2 cm³/mol. The van der Waals surface area contributed by atoms with E-state index in [1.54, 1.807) is 6.08 Å². The van der Waals surface area contributed by atoms with Gasteiger partial charge in [0.05, 0.1) is 0 Å². The molecule has 0 aromatic heterocycles. The van der Waals surface area contributed by atoms with Crippen molar-refractivity contribution < 1.29 is 4.79 Å². The molecule has 0 aromatic rings. The Hall–Kier alpha value is -1.93. The first kappa shape index (κ1) is 17.1. The molecule has 0 saturated heterocycles. The van der Waals surface area contributed by atoms with Crippen molar-refractivity contribution in [2.75, 3.05) is 6.54 Å². The second kappa shape index (κ2) is 12.5. The summed E-state index contributed by atoms with van der Waals surface area (Å²) >= 11 is 0. The van der Waals surface area contributed by atoms with Gasteiger partial charge in [-0.15, -0.1) is 6.42 Å². The molecule has 0 saturated carbocycles. The van der Waals surface area contributed by atoms with Gasteiger partial charge in [-0.1, -0.05) is 38.0 Å². The number of unbranched alkanes of at least 4 members (excludes halogenated alkanes) is 2. The Morgan fingerprint density at radius 3 is 2.68 bits per heavy atom. The zero-order valence-electron chi connectivity index (χ0n) is 11.9. The van der Waals surface area contributed by atoms with E-state index in [9.17, 15) is 4.79 Å². The van der Waals surface area contributed by atoms with Crippen molar-refractivity contribution in [3.8, 4) is 24.2 Å². The van der Waals surface area contributed by atoms with E-state index < -0.39 is 0 Å². The third-order valence-corrected chi connectivity index (χ3v) is 2.24. The second-order valence-electron chi connectivity index (χ2n) is 4.59. The molecule has 2 nitrogen and oxygen atoms in total.